The van der Waals surface area contributed by atoms with Gasteiger partial charge in [-0.1, -0.05) is 25.1 Å². The lowest BCUT2D eigenvalue weighted by Gasteiger charge is -2.35. The van der Waals surface area contributed by atoms with Crippen LogP contribution in [0.1, 0.15) is 20.3 Å². The van der Waals surface area contributed by atoms with Gasteiger partial charge < -0.3 is 9.64 Å². The number of hydrogen-bond donors (Lipinski definition) is 0. The molecule has 0 unspecified atom stereocenters. The largest absolute Gasteiger partial charge is 0.494 e. The topological polar surface area (TPSA) is 39.4 Å². The Kier molecular flexibility index (Phi) is 6.01. The van der Waals surface area contributed by atoms with Crippen LogP contribution in [0.4, 0.5) is 0 Å². The van der Waals surface area contributed by atoms with E-state index in [0.717, 1.165) is 48.6 Å². The predicted octanol–water partition coefficient (Wildman–Crippen LogP) is 3.63. The summed E-state index contributed by atoms with van der Waals surface area (Å²) < 4.78 is 9.44. The number of para-hydroxylation sites is 2. The molecule has 0 aliphatic carbocycles. The third-order valence-electron chi connectivity index (χ3n) is 4.97. The number of hydrogen-bond acceptors (Lipinski definition) is 3. The number of nitrogens with zero attached hydrogens (tertiary/aromatic N) is 3. The van der Waals surface area contributed by atoms with Crippen LogP contribution in [-0.2, 0) is 11.8 Å². The van der Waals surface area contributed by atoms with Gasteiger partial charge in [0.2, 0.25) is 0 Å². The van der Waals surface area contributed by atoms with E-state index in [1.54, 1.807) is 16.2 Å². The number of imidazole rings is 1. The Morgan fingerprint density at radius 2 is 1.89 bits per heavy atom. The van der Waals surface area contributed by atoms with Gasteiger partial charge in [0, 0.05) is 31.8 Å². The second-order valence-electron chi connectivity index (χ2n) is 7.13. The van der Waals surface area contributed by atoms with E-state index in [0.29, 0.717) is 5.92 Å². The number of aryl methyl sites for hydroxylation is 1. The van der Waals surface area contributed by atoms with Crippen LogP contribution in [0.2, 0.25) is 0 Å². The molecule has 0 spiro atoms. The molecular formula is C22H29N3O2. The molecule has 144 valence electrons. The maximum Gasteiger partial charge on any atom is 0.333 e. The van der Waals surface area contributed by atoms with Crippen molar-refractivity contribution in [3.63, 3.8) is 0 Å². The zero-order valence-corrected chi connectivity index (χ0v) is 16.7. The molecule has 1 fully saturated rings. The van der Waals surface area contributed by atoms with Crippen LogP contribution in [0.25, 0.3) is 16.7 Å². The van der Waals surface area contributed by atoms with Crippen LogP contribution in [0.3, 0.4) is 0 Å². The van der Waals surface area contributed by atoms with Gasteiger partial charge in [0.05, 0.1) is 17.6 Å². The maximum atomic E-state index is 12.8. The average molecular weight is 367 g/mol. The molecule has 0 bridgehead atoms. The first-order chi connectivity index (χ1) is 13.0. The van der Waals surface area contributed by atoms with E-state index in [1.165, 1.54) is 0 Å². The molecule has 5 heteroatoms. The minimum Gasteiger partial charge on any atom is -0.494 e. The highest BCUT2D eigenvalue weighted by molar-refractivity contribution is 5.81. The van der Waals surface area contributed by atoms with Crippen molar-refractivity contribution in [3.8, 4) is 0 Å². The molecule has 0 N–H and O–H groups in total. The summed E-state index contributed by atoms with van der Waals surface area (Å²) in [4.78, 5) is 15.0. The molecule has 27 heavy (non-hydrogen) atoms. The van der Waals surface area contributed by atoms with Crippen LogP contribution in [0.15, 0.2) is 59.1 Å². The minimum atomic E-state index is -0.0478. The molecule has 1 aromatic carbocycles. The van der Waals surface area contributed by atoms with Crippen molar-refractivity contribution >= 4 is 16.7 Å². The fraction of sp³-hybridized carbons (Fsp3) is 0.409. The first-order valence-corrected chi connectivity index (χ1v) is 9.57. The number of ether oxygens (including phenoxy) is 1. The lowest BCUT2D eigenvalue weighted by atomic mass is 10.0. The number of fused-ring (bicyclic) bond motifs is 1. The van der Waals surface area contributed by atoms with E-state index in [9.17, 15) is 4.79 Å². The molecule has 0 atom stereocenters. The third kappa shape index (κ3) is 4.08. The lowest BCUT2D eigenvalue weighted by molar-refractivity contribution is 0.0604. The Balaban J connectivity index is 1.82. The quantitative estimate of drug-likeness (QED) is 0.554. The SMILES string of the molecule is C\C=C(/C=C\C(=C/CC)OCC1CN(C)C1)n1c(=O)n(C)c2ccccc21. The Labute approximate surface area is 160 Å². The Morgan fingerprint density at radius 1 is 1.19 bits per heavy atom. The van der Waals surface area contributed by atoms with Crippen LogP contribution in [0.5, 0.6) is 0 Å². The van der Waals surface area contributed by atoms with E-state index >= 15 is 0 Å². The van der Waals surface area contributed by atoms with Crippen molar-refractivity contribution in [2.75, 3.05) is 26.7 Å². The van der Waals surface area contributed by atoms with E-state index < -0.39 is 0 Å². The van der Waals surface area contributed by atoms with Crippen molar-refractivity contribution in [1.29, 1.82) is 0 Å². The van der Waals surface area contributed by atoms with Gasteiger partial charge >= 0.3 is 5.69 Å². The van der Waals surface area contributed by atoms with Crippen molar-refractivity contribution < 1.29 is 4.74 Å². The van der Waals surface area contributed by atoms with E-state index in [2.05, 4.69) is 24.9 Å². The molecule has 2 heterocycles. The normalized spacial score (nSPS) is 17.0. The van der Waals surface area contributed by atoms with Crippen molar-refractivity contribution in [1.82, 2.24) is 14.0 Å². The predicted molar refractivity (Wildman–Crippen MR) is 112 cm³/mol. The third-order valence-corrected chi connectivity index (χ3v) is 4.97. The fourth-order valence-corrected chi connectivity index (χ4v) is 3.53. The van der Waals surface area contributed by atoms with E-state index in [4.69, 9.17) is 4.74 Å². The highest BCUT2D eigenvalue weighted by atomic mass is 16.5. The summed E-state index contributed by atoms with van der Waals surface area (Å²) in [5, 5.41) is 0. The first kappa shape index (κ1) is 19.2. The summed E-state index contributed by atoms with van der Waals surface area (Å²) in [6, 6.07) is 7.84. The first-order valence-electron chi connectivity index (χ1n) is 9.57. The van der Waals surface area contributed by atoms with Crippen molar-refractivity contribution in [2.24, 2.45) is 13.0 Å². The number of aromatic nitrogens is 2. The molecule has 2 aromatic rings. The molecule has 1 saturated heterocycles. The maximum absolute atomic E-state index is 12.8. The lowest BCUT2D eigenvalue weighted by Crippen LogP contribution is -2.45. The Morgan fingerprint density at radius 3 is 2.52 bits per heavy atom. The zero-order chi connectivity index (χ0) is 19.4. The van der Waals surface area contributed by atoms with Gasteiger partial charge in [0.1, 0.15) is 5.76 Å². The molecular weight excluding hydrogens is 338 g/mol. The minimum absolute atomic E-state index is 0.0478. The summed E-state index contributed by atoms with van der Waals surface area (Å²) in [7, 11) is 3.93. The summed E-state index contributed by atoms with van der Waals surface area (Å²) in [5.41, 5.74) is 2.62. The van der Waals surface area contributed by atoms with Gasteiger partial charge in [-0.05, 0) is 50.8 Å². The van der Waals surface area contributed by atoms with Crippen molar-refractivity contribution in [3.05, 3.63) is 64.8 Å². The molecule has 0 amide bonds. The van der Waals surface area contributed by atoms with E-state index in [-0.39, 0.29) is 5.69 Å². The van der Waals surface area contributed by atoms with Gasteiger partial charge in [-0.3, -0.25) is 9.13 Å². The summed E-state index contributed by atoms with van der Waals surface area (Å²) >= 11 is 0. The van der Waals surface area contributed by atoms with Crippen molar-refractivity contribution in [2.45, 2.75) is 20.3 Å². The van der Waals surface area contributed by atoms with Gasteiger partial charge in [-0.25, -0.2) is 4.79 Å². The fourth-order valence-electron chi connectivity index (χ4n) is 3.53. The number of rotatable bonds is 7. The molecule has 1 aromatic heterocycles. The van der Waals surface area contributed by atoms with Gasteiger partial charge in [-0.2, -0.15) is 0 Å². The number of allylic oxidation sites excluding steroid dienone is 5. The number of likely N-dealkylation sites (tertiary alicyclic amines) is 1. The van der Waals surface area contributed by atoms with Crippen LogP contribution >= 0.6 is 0 Å². The summed E-state index contributed by atoms with van der Waals surface area (Å²) in [6.07, 6.45) is 8.87. The van der Waals surface area contributed by atoms with Crippen LogP contribution in [-0.4, -0.2) is 40.8 Å². The average Bonchev–Trinajstić information content (AvgIpc) is 2.90. The molecule has 1 aliphatic rings. The summed E-state index contributed by atoms with van der Waals surface area (Å²) in [6.45, 7) is 6.96. The van der Waals surface area contributed by atoms with Gasteiger partial charge in [-0.15, -0.1) is 0 Å². The molecule has 1 aliphatic heterocycles. The number of benzene rings is 1. The highest BCUT2D eigenvalue weighted by Crippen LogP contribution is 2.19. The smallest absolute Gasteiger partial charge is 0.333 e. The molecule has 5 nitrogen and oxygen atoms in total. The second-order valence-corrected chi connectivity index (χ2v) is 7.13. The summed E-state index contributed by atoms with van der Waals surface area (Å²) in [5.74, 6) is 1.46. The molecule has 0 radical (unpaired) electrons. The van der Waals surface area contributed by atoms with Gasteiger partial charge in [0.25, 0.3) is 0 Å². The monoisotopic (exact) mass is 367 g/mol. The highest BCUT2D eigenvalue weighted by Gasteiger charge is 2.23. The molecule has 3 rings (SSSR count). The van der Waals surface area contributed by atoms with Crippen LogP contribution < -0.4 is 5.69 Å². The standard InChI is InChI=1S/C22H29N3O2/c1-5-9-19(27-16-17-14-23(3)15-17)13-12-18(6-2)25-21-11-8-7-10-20(21)24(4)22(25)26/h6-13,17H,5,14-16H2,1-4H3/b13-12-,18-6+,19-9+. The van der Waals surface area contributed by atoms with Gasteiger partial charge in [0.15, 0.2) is 0 Å². The Hall–Kier alpha value is -2.53. The second kappa shape index (κ2) is 8.44. The Bertz CT molecular complexity index is 940. The molecule has 0 saturated carbocycles. The van der Waals surface area contributed by atoms with E-state index in [1.807, 2.05) is 49.4 Å². The zero-order valence-electron chi connectivity index (χ0n) is 16.7. The van der Waals surface area contributed by atoms with Crippen LogP contribution in [0, 0.1) is 5.92 Å².